The maximum atomic E-state index is 11.7. The van der Waals surface area contributed by atoms with E-state index >= 15 is 0 Å². The number of nitrogens with one attached hydrogen (secondary N) is 2. The second-order valence-corrected chi connectivity index (χ2v) is 10.1. The normalized spacial score (nSPS) is 25.3. The molecule has 2 aromatic heterocycles. The van der Waals surface area contributed by atoms with Gasteiger partial charge < -0.3 is 15.0 Å². The van der Waals surface area contributed by atoms with Gasteiger partial charge in [-0.05, 0) is 48.9 Å². The maximum Gasteiger partial charge on any atom is 0.335 e. The number of aliphatic hydroxyl groups is 1. The Bertz CT molecular complexity index is 1260. The van der Waals surface area contributed by atoms with Crippen LogP contribution in [0.25, 0.3) is 11.0 Å². The number of aromatic nitrogens is 3. The van der Waals surface area contributed by atoms with Crippen molar-refractivity contribution in [3.8, 4) is 0 Å². The summed E-state index contributed by atoms with van der Waals surface area (Å²) in [5.74, 6) is 0.738. The zero-order valence-electron chi connectivity index (χ0n) is 17.4. The summed E-state index contributed by atoms with van der Waals surface area (Å²) < 4.78 is 32.3. The van der Waals surface area contributed by atoms with Crippen LogP contribution in [0.4, 0.5) is 5.82 Å². The number of anilines is 1. The minimum Gasteiger partial charge on any atom is -0.391 e. The first kappa shape index (κ1) is 21.6. The van der Waals surface area contributed by atoms with Crippen LogP contribution in [0.15, 0.2) is 36.8 Å². The van der Waals surface area contributed by atoms with Crippen molar-refractivity contribution in [2.75, 3.05) is 12.4 Å². The van der Waals surface area contributed by atoms with Crippen molar-refractivity contribution >= 4 is 38.8 Å². The van der Waals surface area contributed by atoms with Crippen molar-refractivity contribution in [1.29, 1.82) is 0 Å². The third-order valence-corrected chi connectivity index (χ3v) is 7.83. The van der Waals surface area contributed by atoms with E-state index in [2.05, 4.69) is 30.3 Å². The first-order chi connectivity index (χ1) is 15.4. The van der Waals surface area contributed by atoms with Crippen molar-refractivity contribution < 1.29 is 17.7 Å². The van der Waals surface area contributed by atoms with Crippen LogP contribution in [0, 0.1) is 0 Å². The zero-order chi connectivity index (χ0) is 22.5. The minimum atomic E-state index is -3.88. The summed E-state index contributed by atoms with van der Waals surface area (Å²) in [4.78, 5) is 8.93. The van der Waals surface area contributed by atoms with Gasteiger partial charge in [-0.15, -0.1) is 0 Å². The molecule has 2 heterocycles. The van der Waals surface area contributed by atoms with Crippen LogP contribution in [0.5, 0.6) is 0 Å². The highest BCUT2D eigenvalue weighted by molar-refractivity contribution is 7.84. The fraction of sp³-hybridized carbons (Fsp3) is 0.429. The van der Waals surface area contributed by atoms with E-state index in [4.69, 9.17) is 11.6 Å². The van der Waals surface area contributed by atoms with Gasteiger partial charge in [-0.3, -0.25) is 4.18 Å². The molecule has 2 aliphatic carbocycles. The molecule has 1 saturated carbocycles. The first-order valence-corrected chi connectivity index (χ1v) is 12.3. The standard InChI is InChI=1S/C21H24ClN5O4S/c1-31-32(29,30)26-18-9-12(10-19(18)28)27-8-7-15-20(23-11-24-21(15)27)25-17-6-5-13-14(17)3-2-4-16(13)22/h2-4,7-8,11-12,17-19,26,28H,5-6,9-10H2,1H3,(H,23,24,25)/t12-,17+,18+,19+/m1/s1. The second kappa shape index (κ2) is 8.27. The molecule has 170 valence electrons. The summed E-state index contributed by atoms with van der Waals surface area (Å²) in [7, 11) is -2.80. The molecule has 4 atom stereocenters. The topological polar surface area (TPSA) is 118 Å². The summed E-state index contributed by atoms with van der Waals surface area (Å²) in [5, 5.41) is 15.6. The molecule has 0 spiro atoms. The lowest BCUT2D eigenvalue weighted by molar-refractivity contribution is 0.154. The monoisotopic (exact) mass is 477 g/mol. The van der Waals surface area contributed by atoms with Crippen LogP contribution in [0.3, 0.4) is 0 Å². The van der Waals surface area contributed by atoms with Crippen molar-refractivity contribution in [3.63, 3.8) is 0 Å². The number of benzene rings is 1. The highest BCUT2D eigenvalue weighted by atomic mass is 35.5. The van der Waals surface area contributed by atoms with Gasteiger partial charge in [0.1, 0.15) is 17.8 Å². The van der Waals surface area contributed by atoms with Crippen molar-refractivity contribution in [3.05, 3.63) is 52.9 Å². The van der Waals surface area contributed by atoms with Crippen LogP contribution in [0.2, 0.25) is 5.02 Å². The van der Waals surface area contributed by atoms with Gasteiger partial charge in [0.15, 0.2) is 0 Å². The fourth-order valence-electron chi connectivity index (χ4n) is 4.88. The minimum absolute atomic E-state index is 0.110. The lowest BCUT2D eigenvalue weighted by Crippen LogP contribution is -2.40. The Labute approximate surface area is 191 Å². The fourth-order valence-corrected chi connectivity index (χ4v) is 5.88. The number of hydrogen-bond acceptors (Lipinski definition) is 7. The first-order valence-electron chi connectivity index (χ1n) is 10.5. The van der Waals surface area contributed by atoms with Gasteiger partial charge in [-0.1, -0.05) is 23.7 Å². The number of rotatable bonds is 6. The molecule has 3 N–H and O–H groups in total. The molecule has 11 heteroatoms. The van der Waals surface area contributed by atoms with E-state index in [-0.39, 0.29) is 12.1 Å². The third-order valence-electron chi connectivity index (χ3n) is 6.45. The SMILES string of the molecule is COS(=O)(=O)N[C@H]1C[C@@H](n2ccc3c(N[C@H]4CCc5c(Cl)cccc54)ncnc32)C[C@@H]1O. The molecule has 0 radical (unpaired) electrons. The molecule has 5 rings (SSSR count). The smallest absolute Gasteiger partial charge is 0.335 e. The highest BCUT2D eigenvalue weighted by Gasteiger charge is 2.37. The lowest BCUT2D eigenvalue weighted by atomic mass is 10.1. The molecule has 0 unspecified atom stereocenters. The average Bonchev–Trinajstić information content (AvgIpc) is 3.47. The molecular weight excluding hydrogens is 454 g/mol. The van der Waals surface area contributed by atoms with Crippen LogP contribution >= 0.6 is 11.6 Å². The highest BCUT2D eigenvalue weighted by Crippen LogP contribution is 2.39. The quantitative estimate of drug-likeness (QED) is 0.499. The molecule has 1 fully saturated rings. The van der Waals surface area contributed by atoms with Gasteiger partial charge in [0.2, 0.25) is 0 Å². The predicted octanol–water partition coefficient (Wildman–Crippen LogP) is 2.73. The largest absolute Gasteiger partial charge is 0.391 e. The molecule has 1 aromatic carbocycles. The summed E-state index contributed by atoms with van der Waals surface area (Å²) >= 11 is 6.35. The molecule has 32 heavy (non-hydrogen) atoms. The Balaban J connectivity index is 1.40. The molecule has 0 aliphatic heterocycles. The zero-order valence-corrected chi connectivity index (χ0v) is 19.0. The summed E-state index contributed by atoms with van der Waals surface area (Å²) in [5.41, 5.74) is 3.11. The van der Waals surface area contributed by atoms with Gasteiger partial charge in [-0.2, -0.15) is 13.1 Å². The molecule has 2 aliphatic rings. The van der Waals surface area contributed by atoms with Crippen LogP contribution in [-0.2, 0) is 20.9 Å². The van der Waals surface area contributed by atoms with E-state index < -0.39 is 22.4 Å². The van der Waals surface area contributed by atoms with E-state index in [0.29, 0.717) is 12.8 Å². The second-order valence-electron chi connectivity index (χ2n) is 8.26. The van der Waals surface area contributed by atoms with Crippen LogP contribution < -0.4 is 10.0 Å². The number of aliphatic hydroxyl groups excluding tert-OH is 1. The molecule has 9 nitrogen and oxygen atoms in total. The Morgan fingerprint density at radius 1 is 1.25 bits per heavy atom. The van der Waals surface area contributed by atoms with Crippen molar-refractivity contribution in [1.82, 2.24) is 19.3 Å². The Kier molecular flexibility index (Phi) is 5.58. The number of fused-ring (bicyclic) bond motifs is 2. The Morgan fingerprint density at radius 2 is 2.09 bits per heavy atom. The number of halogens is 1. The molecule has 0 bridgehead atoms. The average molecular weight is 478 g/mol. The Morgan fingerprint density at radius 3 is 2.91 bits per heavy atom. The molecule has 0 saturated heterocycles. The van der Waals surface area contributed by atoms with Gasteiger partial charge in [0, 0.05) is 17.3 Å². The summed E-state index contributed by atoms with van der Waals surface area (Å²) in [6, 6.07) is 7.31. The van der Waals surface area contributed by atoms with Crippen LogP contribution in [-0.4, -0.2) is 47.3 Å². The maximum absolute atomic E-state index is 11.7. The van der Waals surface area contributed by atoms with E-state index in [1.165, 1.54) is 17.5 Å². The van der Waals surface area contributed by atoms with Crippen molar-refractivity contribution in [2.24, 2.45) is 0 Å². The van der Waals surface area contributed by atoms with Gasteiger partial charge in [-0.25, -0.2) is 9.97 Å². The van der Waals surface area contributed by atoms with Gasteiger partial charge in [0.05, 0.1) is 30.7 Å². The molecule has 3 aromatic rings. The van der Waals surface area contributed by atoms with E-state index in [1.54, 1.807) is 0 Å². The summed E-state index contributed by atoms with van der Waals surface area (Å²) in [6.07, 6.45) is 5.29. The number of hydrogen-bond donors (Lipinski definition) is 3. The van der Waals surface area contributed by atoms with E-state index in [1.807, 2.05) is 29.0 Å². The Hall–Kier alpha value is -2.24. The number of nitrogens with zero attached hydrogens (tertiary/aromatic N) is 3. The lowest BCUT2D eigenvalue weighted by Gasteiger charge is -2.17. The van der Waals surface area contributed by atoms with Gasteiger partial charge >= 0.3 is 10.3 Å². The predicted molar refractivity (Wildman–Crippen MR) is 121 cm³/mol. The van der Waals surface area contributed by atoms with Crippen molar-refractivity contribution in [2.45, 2.75) is 49.9 Å². The third kappa shape index (κ3) is 3.86. The molecule has 0 amide bonds. The summed E-state index contributed by atoms with van der Waals surface area (Å²) in [6.45, 7) is 0. The van der Waals surface area contributed by atoms with Crippen LogP contribution in [0.1, 0.15) is 42.5 Å². The van der Waals surface area contributed by atoms with Gasteiger partial charge in [0.25, 0.3) is 0 Å². The van der Waals surface area contributed by atoms with E-state index in [0.717, 1.165) is 41.8 Å². The van der Waals surface area contributed by atoms with E-state index in [9.17, 15) is 13.5 Å². The molecular formula is C21H24ClN5O4S.